The van der Waals surface area contributed by atoms with Crippen LogP contribution in [0.3, 0.4) is 0 Å². The smallest absolute Gasteiger partial charge is 0.234 e. The second kappa shape index (κ2) is 10.4. The molecule has 168 valence electrons. The number of carbonyl (C=O) groups is 1. The van der Waals surface area contributed by atoms with Crippen LogP contribution >= 0.6 is 11.6 Å². The number of benzene rings is 2. The first-order valence-corrected chi connectivity index (χ1v) is 10.9. The van der Waals surface area contributed by atoms with Gasteiger partial charge in [0.25, 0.3) is 0 Å². The minimum absolute atomic E-state index is 0.0833. The van der Waals surface area contributed by atoms with Crippen molar-refractivity contribution in [1.82, 2.24) is 10.2 Å². The van der Waals surface area contributed by atoms with Gasteiger partial charge in [0.15, 0.2) is 0 Å². The van der Waals surface area contributed by atoms with E-state index < -0.39 is 5.60 Å². The summed E-state index contributed by atoms with van der Waals surface area (Å²) in [4.78, 5) is 14.4. The van der Waals surface area contributed by atoms with Crippen LogP contribution in [0.15, 0.2) is 36.4 Å². The van der Waals surface area contributed by atoms with Crippen LogP contribution in [0, 0.1) is 13.8 Å². The number of nitrogens with one attached hydrogen (secondary N) is 1. The van der Waals surface area contributed by atoms with Gasteiger partial charge in [0.05, 0.1) is 13.7 Å². The monoisotopic (exact) mass is 446 g/mol. The molecule has 0 bridgehead atoms. The van der Waals surface area contributed by atoms with Gasteiger partial charge in [-0.2, -0.15) is 0 Å². The molecule has 2 N–H and O–H groups in total. The van der Waals surface area contributed by atoms with Crippen molar-refractivity contribution in [3.63, 3.8) is 0 Å². The number of nitrogens with zero attached hydrogens (tertiary/aromatic N) is 1. The summed E-state index contributed by atoms with van der Waals surface area (Å²) < 4.78 is 11.2. The zero-order valence-electron chi connectivity index (χ0n) is 18.4. The normalized spacial score (nSPS) is 19.1. The van der Waals surface area contributed by atoms with Crippen LogP contribution in [0.1, 0.15) is 29.5 Å². The Morgan fingerprint density at radius 2 is 1.97 bits per heavy atom. The zero-order chi connectivity index (χ0) is 22.4. The van der Waals surface area contributed by atoms with Crippen LogP contribution in [0.25, 0.3) is 0 Å². The summed E-state index contributed by atoms with van der Waals surface area (Å²) in [5.74, 6) is 1.36. The molecule has 1 fully saturated rings. The Morgan fingerprint density at radius 3 is 2.68 bits per heavy atom. The lowest BCUT2D eigenvalue weighted by Crippen LogP contribution is -2.53. The van der Waals surface area contributed by atoms with Gasteiger partial charge in [0, 0.05) is 23.7 Å². The van der Waals surface area contributed by atoms with Crippen LogP contribution in [0.2, 0.25) is 5.02 Å². The van der Waals surface area contributed by atoms with Crippen molar-refractivity contribution in [1.29, 1.82) is 0 Å². The molecule has 0 aliphatic carbocycles. The third-order valence-electron chi connectivity index (χ3n) is 5.59. The van der Waals surface area contributed by atoms with Gasteiger partial charge in [-0.25, -0.2) is 0 Å². The first-order chi connectivity index (χ1) is 14.8. The van der Waals surface area contributed by atoms with E-state index in [-0.39, 0.29) is 19.1 Å². The van der Waals surface area contributed by atoms with Gasteiger partial charge in [-0.3, -0.25) is 9.69 Å². The molecule has 1 aliphatic heterocycles. The first-order valence-electron chi connectivity index (χ1n) is 10.5. The molecule has 2 aromatic rings. The van der Waals surface area contributed by atoms with Gasteiger partial charge < -0.3 is 19.9 Å². The highest BCUT2D eigenvalue weighted by Crippen LogP contribution is 2.28. The van der Waals surface area contributed by atoms with Gasteiger partial charge in [-0.05, 0) is 62.6 Å². The van der Waals surface area contributed by atoms with Crippen LogP contribution in [0.4, 0.5) is 0 Å². The SMILES string of the molecule is COc1ccccc1CNC(=O)CN1CCCC(O)(COc2cc(C)c(Cl)c(C)c2)C1. The van der Waals surface area contributed by atoms with Gasteiger partial charge in [-0.15, -0.1) is 0 Å². The molecule has 6 nitrogen and oxygen atoms in total. The number of aryl methyl sites for hydroxylation is 2. The minimum Gasteiger partial charge on any atom is -0.496 e. The molecule has 1 aliphatic rings. The van der Waals surface area contributed by atoms with Crippen LogP contribution in [0.5, 0.6) is 11.5 Å². The second-order valence-corrected chi connectivity index (χ2v) is 8.66. The second-order valence-electron chi connectivity index (χ2n) is 8.29. The molecule has 7 heteroatoms. The molecule has 0 spiro atoms. The molecule has 31 heavy (non-hydrogen) atoms. The summed E-state index contributed by atoms with van der Waals surface area (Å²) in [6.45, 7) is 5.83. The number of hydrogen-bond donors (Lipinski definition) is 2. The Balaban J connectivity index is 1.51. The van der Waals surface area contributed by atoms with Crippen molar-refractivity contribution in [3.05, 3.63) is 58.1 Å². The van der Waals surface area contributed by atoms with Gasteiger partial charge in [-0.1, -0.05) is 29.8 Å². The average Bonchev–Trinajstić information content (AvgIpc) is 2.75. The Morgan fingerprint density at radius 1 is 1.26 bits per heavy atom. The fourth-order valence-corrected chi connectivity index (χ4v) is 4.08. The number of rotatable bonds is 8. The standard InChI is InChI=1S/C24H31ClN2O4/c1-17-11-20(12-18(2)23(17)25)31-16-24(29)9-6-10-27(15-24)14-22(28)26-13-19-7-4-5-8-21(19)30-3/h4-5,7-8,11-12,29H,6,9-10,13-16H2,1-3H3,(H,26,28). The van der Waals surface area contributed by atoms with E-state index in [1.807, 2.05) is 55.1 Å². The van der Waals surface area contributed by atoms with Crippen molar-refractivity contribution >= 4 is 17.5 Å². The molecular weight excluding hydrogens is 416 g/mol. The van der Waals surface area contributed by atoms with Gasteiger partial charge >= 0.3 is 0 Å². The molecule has 1 amide bonds. The molecule has 1 heterocycles. The number of carbonyl (C=O) groups excluding carboxylic acids is 1. The van der Waals surface area contributed by atoms with E-state index in [1.165, 1.54) is 0 Å². The van der Waals surface area contributed by atoms with E-state index in [0.717, 1.165) is 40.4 Å². The van der Waals surface area contributed by atoms with E-state index in [2.05, 4.69) is 5.32 Å². The van der Waals surface area contributed by atoms with Crippen LogP contribution in [-0.2, 0) is 11.3 Å². The fraction of sp³-hybridized carbons (Fsp3) is 0.458. The van der Waals surface area contributed by atoms with Crippen LogP contribution < -0.4 is 14.8 Å². The molecule has 0 radical (unpaired) electrons. The summed E-state index contributed by atoms with van der Waals surface area (Å²) in [5.41, 5.74) is 1.82. The number of amides is 1. The molecular formula is C24H31ClN2O4. The highest BCUT2D eigenvalue weighted by atomic mass is 35.5. The predicted molar refractivity (Wildman–Crippen MR) is 122 cm³/mol. The van der Waals surface area contributed by atoms with Crippen molar-refractivity contribution in [2.24, 2.45) is 0 Å². The van der Waals surface area contributed by atoms with E-state index in [4.69, 9.17) is 21.1 Å². The molecule has 3 rings (SSSR count). The number of piperidine rings is 1. The topological polar surface area (TPSA) is 71.0 Å². The summed E-state index contributed by atoms with van der Waals surface area (Å²) in [5, 5.41) is 14.7. The number of methoxy groups -OCH3 is 1. The number of ether oxygens (including phenoxy) is 2. The summed E-state index contributed by atoms with van der Waals surface area (Å²) >= 11 is 6.22. The zero-order valence-corrected chi connectivity index (χ0v) is 19.2. The maximum absolute atomic E-state index is 12.5. The van der Waals surface area contributed by atoms with E-state index in [0.29, 0.717) is 25.3 Å². The average molecular weight is 447 g/mol. The number of β-amino-alcohol motifs (C(OH)–C–C–N with tert-alkyl or cyclic N) is 1. The number of hydrogen-bond acceptors (Lipinski definition) is 5. The molecule has 1 saturated heterocycles. The molecule has 1 unspecified atom stereocenters. The minimum atomic E-state index is -0.997. The molecule has 2 aromatic carbocycles. The summed E-state index contributed by atoms with van der Waals surface area (Å²) in [7, 11) is 1.62. The number of likely N-dealkylation sites (tertiary alicyclic amines) is 1. The number of aliphatic hydroxyl groups is 1. The maximum Gasteiger partial charge on any atom is 0.234 e. The molecule has 0 aromatic heterocycles. The summed E-state index contributed by atoms with van der Waals surface area (Å²) in [6, 6.07) is 11.4. The van der Waals surface area contributed by atoms with Crippen molar-refractivity contribution in [2.75, 3.05) is 33.4 Å². The molecule has 0 saturated carbocycles. The highest BCUT2D eigenvalue weighted by Gasteiger charge is 2.34. The maximum atomic E-state index is 12.5. The fourth-order valence-electron chi connectivity index (χ4n) is 3.97. The lowest BCUT2D eigenvalue weighted by Gasteiger charge is -2.38. The Hall–Kier alpha value is -2.28. The van der Waals surface area contributed by atoms with Crippen molar-refractivity contribution in [3.8, 4) is 11.5 Å². The Kier molecular flexibility index (Phi) is 7.81. The van der Waals surface area contributed by atoms with E-state index in [1.54, 1.807) is 7.11 Å². The Bertz CT molecular complexity index is 897. The predicted octanol–water partition coefficient (Wildman–Crippen LogP) is 3.49. The van der Waals surface area contributed by atoms with E-state index >= 15 is 0 Å². The third kappa shape index (κ3) is 6.35. The number of para-hydroxylation sites is 1. The third-order valence-corrected chi connectivity index (χ3v) is 6.18. The molecule has 1 atom stereocenters. The van der Waals surface area contributed by atoms with Gasteiger partial charge in [0.1, 0.15) is 23.7 Å². The van der Waals surface area contributed by atoms with Gasteiger partial charge in [0.2, 0.25) is 5.91 Å². The lowest BCUT2D eigenvalue weighted by atomic mass is 9.93. The highest BCUT2D eigenvalue weighted by molar-refractivity contribution is 6.32. The van der Waals surface area contributed by atoms with E-state index in [9.17, 15) is 9.90 Å². The largest absolute Gasteiger partial charge is 0.496 e. The Labute approximate surface area is 189 Å². The first kappa shape index (κ1) is 23.4. The van der Waals surface area contributed by atoms with Crippen LogP contribution in [-0.4, -0.2) is 54.9 Å². The lowest BCUT2D eigenvalue weighted by molar-refractivity contribution is -0.124. The number of halogens is 1. The van der Waals surface area contributed by atoms with Crippen molar-refractivity contribution < 1.29 is 19.4 Å². The quantitative estimate of drug-likeness (QED) is 0.649. The summed E-state index contributed by atoms with van der Waals surface area (Å²) in [6.07, 6.45) is 1.44. The van der Waals surface area contributed by atoms with Crippen molar-refractivity contribution in [2.45, 2.75) is 38.8 Å².